The lowest BCUT2D eigenvalue weighted by atomic mass is 9.94. The summed E-state index contributed by atoms with van der Waals surface area (Å²) in [6, 6.07) is 0. The minimum atomic E-state index is -2.99. The van der Waals surface area contributed by atoms with E-state index >= 15 is 0 Å². The average molecular weight is 348 g/mol. The summed E-state index contributed by atoms with van der Waals surface area (Å²) in [4.78, 5) is 20.6. The van der Waals surface area contributed by atoms with Crippen molar-refractivity contribution in [3.63, 3.8) is 0 Å². The van der Waals surface area contributed by atoms with Crippen molar-refractivity contribution in [1.82, 2.24) is 9.21 Å². The maximum Gasteiger partial charge on any atom is 0.414 e. The smallest absolute Gasteiger partial charge is 0.414 e. The molecule has 0 aromatic carbocycles. The van der Waals surface area contributed by atoms with E-state index in [1.165, 1.54) is 25.5 Å². The van der Waals surface area contributed by atoms with Gasteiger partial charge in [-0.1, -0.05) is 12.2 Å². The van der Waals surface area contributed by atoms with Gasteiger partial charge >= 0.3 is 11.9 Å². The monoisotopic (exact) mass is 348 g/mol. The van der Waals surface area contributed by atoms with Crippen molar-refractivity contribution >= 4 is 22.0 Å². The van der Waals surface area contributed by atoms with Crippen molar-refractivity contribution in [3.8, 4) is 0 Å². The largest absolute Gasteiger partial charge is 0.473 e. The number of aliphatic carboxylic acids is 2. The predicted octanol–water partition coefficient (Wildman–Crippen LogP) is 0.0755. The van der Waals surface area contributed by atoms with Crippen LogP contribution >= 0.6 is 0 Å². The van der Waals surface area contributed by atoms with Gasteiger partial charge < -0.3 is 15.1 Å². The van der Waals surface area contributed by atoms with Gasteiger partial charge in [0.25, 0.3) is 0 Å². The molecule has 1 atom stereocenters. The molecule has 1 fully saturated rings. The highest BCUT2D eigenvalue weighted by Gasteiger charge is 2.24. The molecule has 1 saturated heterocycles. The summed E-state index contributed by atoms with van der Waals surface area (Å²) in [5.74, 6) is -2.88. The van der Waals surface area contributed by atoms with Crippen molar-refractivity contribution in [2.24, 2.45) is 5.92 Å². The molecule has 0 saturated carbocycles. The van der Waals surface area contributed by atoms with Gasteiger partial charge in [-0.2, -0.15) is 4.31 Å². The summed E-state index contributed by atoms with van der Waals surface area (Å²) in [7, 11) is -2.99. The Morgan fingerprint density at radius 1 is 1.09 bits per heavy atom. The molecule has 23 heavy (non-hydrogen) atoms. The topological polar surface area (TPSA) is 115 Å². The van der Waals surface area contributed by atoms with E-state index in [2.05, 4.69) is 17.1 Å². The molecular formula is C14H24N2O6S. The second kappa shape index (κ2) is 8.99. The highest BCUT2D eigenvalue weighted by molar-refractivity contribution is 7.88. The Morgan fingerprint density at radius 3 is 2.04 bits per heavy atom. The summed E-state index contributed by atoms with van der Waals surface area (Å²) >= 11 is 0. The fourth-order valence-corrected chi connectivity index (χ4v) is 3.46. The summed E-state index contributed by atoms with van der Waals surface area (Å²) in [5, 5.41) is 14.8. The molecule has 0 spiro atoms. The first kappa shape index (κ1) is 19.6. The highest BCUT2D eigenvalue weighted by Crippen LogP contribution is 2.20. The van der Waals surface area contributed by atoms with Crippen molar-refractivity contribution in [2.75, 3.05) is 39.0 Å². The molecule has 1 aliphatic carbocycles. The Morgan fingerprint density at radius 2 is 1.65 bits per heavy atom. The Hall–Kier alpha value is -1.45. The van der Waals surface area contributed by atoms with Crippen LogP contribution in [0.3, 0.4) is 0 Å². The maximum absolute atomic E-state index is 11.4. The summed E-state index contributed by atoms with van der Waals surface area (Å²) in [5.41, 5.74) is 0. The van der Waals surface area contributed by atoms with Gasteiger partial charge in [-0.05, 0) is 25.2 Å². The number of hydrogen-bond acceptors (Lipinski definition) is 5. The molecule has 2 rings (SSSR count). The van der Waals surface area contributed by atoms with Crippen LogP contribution in [0.1, 0.15) is 19.3 Å². The Labute approximate surface area is 136 Å². The molecule has 2 aliphatic rings. The van der Waals surface area contributed by atoms with E-state index in [4.69, 9.17) is 19.8 Å². The number of rotatable bonds is 3. The third kappa shape index (κ3) is 7.58. The molecule has 0 amide bonds. The van der Waals surface area contributed by atoms with Gasteiger partial charge in [-0.3, -0.25) is 0 Å². The fourth-order valence-electron chi connectivity index (χ4n) is 2.63. The van der Waals surface area contributed by atoms with Crippen molar-refractivity contribution in [1.29, 1.82) is 0 Å². The molecule has 0 bridgehead atoms. The standard InChI is InChI=1S/C12H22N2O2S.C2H2O4/c1-17(15,16)14-9-7-13(8-10-14)11-12-5-3-2-4-6-12;3-1(4)2(5)6/h2-3,12H,4-11H2,1H3;(H,3,4)(H,5,6). The molecular weight excluding hydrogens is 324 g/mol. The summed E-state index contributed by atoms with van der Waals surface area (Å²) in [6.07, 6.45) is 9.51. The molecule has 8 nitrogen and oxygen atoms in total. The SMILES string of the molecule is CS(=O)(=O)N1CCN(CC2CC=CCC2)CC1.O=C(O)C(=O)O. The third-order valence-corrected chi connectivity index (χ3v) is 5.18. The number of nitrogens with zero attached hydrogens (tertiary/aromatic N) is 2. The quantitative estimate of drug-likeness (QED) is 0.548. The van der Waals surface area contributed by atoms with E-state index in [1.807, 2.05) is 0 Å². The first-order valence-electron chi connectivity index (χ1n) is 7.49. The van der Waals surface area contributed by atoms with E-state index in [9.17, 15) is 8.42 Å². The van der Waals surface area contributed by atoms with Crippen LogP contribution in [0, 0.1) is 5.92 Å². The van der Waals surface area contributed by atoms with Crippen LogP contribution in [0.5, 0.6) is 0 Å². The second-order valence-corrected chi connectivity index (χ2v) is 7.71. The van der Waals surface area contributed by atoms with Gasteiger partial charge in [0.1, 0.15) is 0 Å². The number of carbonyl (C=O) groups is 2. The number of allylic oxidation sites excluding steroid dienone is 2. The van der Waals surface area contributed by atoms with Crippen LogP contribution in [-0.4, -0.2) is 78.8 Å². The highest BCUT2D eigenvalue weighted by atomic mass is 32.2. The van der Waals surface area contributed by atoms with Gasteiger partial charge in [0, 0.05) is 32.7 Å². The van der Waals surface area contributed by atoms with Gasteiger partial charge in [0.2, 0.25) is 10.0 Å². The molecule has 1 unspecified atom stereocenters. The Kier molecular flexibility index (Phi) is 7.66. The van der Waals surface area contributed by atoms with E-state index in [-0.39, 0.29) is 0 Å². The van der Waals surface area contributed by atoms with Crippen molar-refractivity contribution < 1.29 is 28.2 Å². The zero-order valence-corrected chi connectivity index (χ0v) is 14.0. The normalized spacial score (nSPS) is 22.9. The number of sulfonamides is 1. The molecule has 0 radical (unpaired) electrons. The van der Waals surface area contributed by atoms with Crippen molar-refractivity contribution in [3.05, 3.63) is 12.2 Å². The molecule has 2 N–H and O–H groups in total. The van der Waals surface area contributed by atoms with E-state index in [0.29, 0.717) is 13.1 Å². The lowest BCUT2D eigenvalue weighted by Crippen LogP contribution is -2.49. The van der Waals surface area contributed by atoms with Gasteiger partial charge in [-0.15, -0.1) is 0 Å². The van der Waals surface area contributed by atoms with Crippen LogP contribution in [0.15, 0.2) is 12.2 Å². The first-order valence-corrected chi connectivity index (χ1v) is 9.33. The number of carboxylic acids is 2. The lowest BCUT2D eigenvalue weighted by molar-refractivity contribution is -0.159. The number of piperazine rings is 1. The zero-order chi connectivity index (χ0) is 17.5. The van der Waals surface area contributed by atoms with E-state index in [1.54, 1.807) is 4.31 Å². The van der Waals surface area contributed by atoms with E-state index < -0.39 is 22.0 Å². The van der Waals surface area contributed by atoms with Crippen LogP contribution in [-0.2, 0) is 19.6 Å². The molecule has 0 aromatic heterocycles. The van der Waals surface area contributed by atoms with Crippen LogP contribution in [0.2, 0.25) is 0 Å². The zero-order valence-electron chi connectivity index (χ0n) is 13.2. The number of carboxylic acid groups (broad SMARTS) is 2. The molecule has 9 heteroatoms. The fraction of sp³-hybridized carbons (Fsp3) is 0.714. The summed E-state index contributed by atoms with van der Waals surface area (Å²) in [6.45, 7) is 4.20. The Balaban J connectivity index is 0.000000379. The van der Waals surface area contributed by atoms with Crippen LogP contribution in [0.4, 0.5) is 0 Å². The maximum atomic E-state index is 11.4. The second-order valence-electron chi connectivity index (χ2n) is 5.72. The van der Waals surface area contributed by atoms with Gasteiger partial charge in [-0.25, -0.2) is 18.0 Å². The van der Waals surface area contributed by atoms with Crippen molar-refractivity contribution in [2.45, 2.75) is 19.3 Å². The number of hydrogen-bond donors (Lipinski definition) is 2. The van der Waals surface area contributed by atoms with E-state index in [0.717, 1.165) is 25.6 Å². The summed E-state index contributed by atoms with van der Waals surface area (Å²) < 4.78 is 24.4. The lowest BCUT2D eigenvalue weighted by Gasteiger charge is -2.35. The molecule has 132 valence electrons. The minimum absolute atomic E-state index is 0.654. The average Bonchev–Trinajstić information content (AvgIpc) is 2.48. The van der Waals surface area contributed by atoms with Crippen LogP contribution in [0.25, 0.3) is 0 Å². The Bertz CT molecular complexity index is 525. The molecule has 1 aliphatic heterocycles. The third-order valence-electron chi connectivity index (χ3n) is 3.88. The van der Waals surface area contributed by atoms with Gasteiger partial charge in [0.05, 0.1) is 6.26 Å². The van der Waals surface area contributed by atoms with Gasteiger partial charge in [0.15, 0.2) is 0 Å². The molecule has 0 aromatic rings. The van der Waals surface area contributed by atoms with Crippen LogP contribution < -0.4 is 0 Å². The predicted molar refractivity (Wildman–Crippen MR) is 84.6 cm³/mol. The minimum Gasteiger partial charge on any atom is -0.473 e. The first-order chi connectivity index (χ1) is 10.7. The molecule has 1 heterocycles.